The van der Waals surface area contributed by atoms with Gasteiger partial charge in [-0.2, -0.15) is 0 Å². The van der Waals surface area contributed by atoms with Crippen LogP contribution < -0.4 is 0 Å². The maximum Gasteiger partial charge on any atom is 0.409 e. The van der Waals surface area contributed by atoms with Gasteiger partial charge in [0.2, 0.25) is 0 Å². The average molecular weight is 299 g/mol. The first-order valence-corrected chi connectivity index (χ1v) is 8.09. The molecule has 1 aliphatic carbocycles. The highest BCUT2D eigenvalue weighted by molar-refractivity contribution is 5.67. The second-order valence-electron chi connectivity index (χ2n) is 6.85. The number of carbonyl (C=O) groups excluding carboxylic acids is 1. The molecule has 1 saturated carbocycles. The van der Waals surface area contributed by atoms with E-state index in [1.165, 1.54) is 0 Å². The zero-order valence-electron chi connectivity index (χ0n) is 13.5. The molecule has 0 aromatic carbocycles. The number of likely N-dealkylation sites (tertiary alicyclic amines) is 1. The van der Waals surface area contributed by atoms with Gasteiger partial charge in [-0.15, -0.1) is 0 Å². The van der Waals surface area contributed by atoms with Crippen molar-refractivity contribution in [3.63, 3.8) is 0 Å². The molecular weight excluding hydrogens is 270 g/mol. The maximum atomic E-state index is 11.9. The van der Waals surface area contributed by atoms with Crippen LogP contribution in [0.4, 0.5) is 4.79 Å². The zero-order valence-corrected chi connectivity index (χ0v) is 13.5. The van der Waals surface area contributed by atoms with E-state index in [1.54, 1.807) is 12.0 Å². The number of nitrogens with zero attached hydrogens (tertiary/aromatic N) is 1. The van der Waals surface area contributed by atoms with Crippen molar-refractivity contribution >= 4 is 6.09 Å². The van der Waals surface area contributed by atoms with Crippen molar-refractivity contribution in [3.8, 4) is 0 Å². The van der Waals surface area contributed by atoms with Crippen molar-refractivity contribution in [1.29, 1.82) is 0 Å². The molecule has 2 fully saturated rings. The Bertz CT molecular complexity index is 350. The molecule has 21 heavy (non-hydrogen) atoms. The number of amides is 1. The Balaban J connectivity index is 1.84. The topological polar surface area (TPSA) is 59.0 Å². The molecule has 1 amide bonds. The third-order valence-corrected chi connectivity index (χ3v) is 5.40. The number of carbonyl (C=O) groups is 1. The van der Waals surface area contributed by atoms with Gasteiger partial charge in [-0.1, -0.05) is 13.8 Å². The fourth-order valence-electron chi connectivity index (χ4n) is 3.90. The second-order valence-corrected chi connectivity index (χ2v) is 6.85. The molecule has 2 unspecified atom stereocenters. The Morgan fingerprint density at radius 2 is 1.95 bits per heavy atom. The van der Waals surface area contributed by atoms with Gasteiger partial charge in [0.05, 0.1) is 12.7 Å². The Morgan fingerprint density at radius 1 is 1.29 bits per heavy atom. The van der Waals surface area contributed by atoms with E-state index in [9.17, 15) is 9.90 Å². The Labute approximate surface area is 127 Å². The third kappa shape index (κ3) is 3.51. The van der Waals surface area contributed by atoms with Gasteiger partial charge in [-0.05, 0) is 42.9 Å². The van der Waals surface area contributed by atoms with Crippen molar-refractivity contribution in [1.82, 2.24) is 4.90 Å². The number of ether oxygens (including phenoxy) is 2. The van der Waals surface area contributed by atoms with Crippen LogP contribution in [0, 0.1) is 17.3 Å². The van der Waals surface area contributed by atoms with E-state index in [4.69, 9.17) is 9.47 Å². The smallest absolute Gasteiger partial charge is 0.409 e. The van der Waals surface area contributed by atoms with Crippen LogP contribution in [-0.2, 0) is 9.47 Å². The lowest BCUT2D eigenvalue weighted by atomic mass is 9.73. The molecule has 0 radical (unpaired) electrons. The van der Waals surface area contributed by atoms with Crippen LogP contribution in [0.15, 0.2) is 0 Å². The molecule has 1 saturated heterocycles. The monoisotopic (exact) mass is 299 g/mol. The van der Waals surface area contributed by atoms with Crippen molar-refractivity contribution in [2.75, 3.05) is 33.4 Å². The van der Waals surface area contributed by atoms with Crippen LogP contribution in [0.25, 0.3) is 0 Å². The van der Waals surface area contributed by atoms with Crippen LogP contribution in [0.3, 0.4) is 0 Å². The molecule has 0 bridgehead atoms. The van der Waals surface area contributed by atoms with Gasteiger partial charge >= 0.3 is 6.09 Å². The van der Waals surface area contributed by atoms with Gasteiger partial charge in [0.15, 0.2) is 0 Å². The maximum absolute atomic E-state index is 11.9. The number of hydrogen-bond acceptors (Lipinski definition) is 4. The summed E-state index contributed by atoms with van der Waals surface area (Å²) < 4.78 is 10.0. The Hall–Kier alpha value is -0.810. The highest BCUT2D eigenvalue weighted by Gasteiger charge is 2.50. The summed E-state index contributed by atoms with van der Waals surface area (Å²) in [5.41, 5.74) is 0.0260. The lowest BCUT2D eigenvalue weighted by Crippen LogP contribution is -2.47. The van der Waals surface area contributed by atoms with Gasteiger partial charge in [0.1, 0.15) is 6.61 Å². The van der Waals surface area contributed by atoms with Gasteiger partial charge in [0, 0.05) is 20.2 Å². The van der Waals surface area contributed by atoms with Crippen molar-refractivity contribution in [2.45, 2.75) is 45.6 Å². The van der Waals surface area contributed by atoms with Crippen LogP contribution in [0.2, 0.25) is 0 Å². The first kappa shape index (κ1) is 16.6. The average Bonchev–Trinajstić information content (AvgIpc) is 2.77. The van der Waals surface area contributed by atoms with E-state index < -0.39 is 0 Å². The molecule has 2 atom stereocenters. The fourth-order valence-corrected chi connectivity index (χ4v) is 3.90. The second kappa shape index (κ2) is 6.97. The molecule has 0 aromatic rings. The predicted molar refractivity (Wildman–Crippen MR) is 80.0 cm³/mol. The summed E-state index contributed by atoms with van der Waals surface area (Å²) in [4.78, 5) is 13.7. The highest BCUT2D eigenvalue weighted by atomic mass is 16.6. The zero-order chi connectivity index (χ0) is 15.5. The molecule has 5 heteroatoms. The van der Waals surface area contributed by atoms with Gasteiger partial charge in [0.25, 0.3) is 0 Å². The summed E-state index contributed by atoms with van der Waals surface area (Å²) in [6, 6.07) is 0. The minimum atomic E-state index is -0.255. The van der Waals surface area contributed by atoms with Crippen LogP contribution in [0.1, 0.15) is 39.5 Å². The molecule has 1 spiro atoms. The highest BCUT2D eigenvalue weighted by Crippen LogP contribution is 2.50. The molecule has 5 nitrogen and oxygen atoms in total. The lowest BCUT2D eigenvalue weighted by molar-refractivity contribution is -0.0281. The standard InChI is InChI=1S/C16H29NO4/c1-12(2)13-4-5-16(14(13)18)6-8-17(9-7-16)15(19)21-11-10-20-3/h12-14,18H,4-11H2,1-3H3. The van der Waals surface area contributed by atoms with E-state index in [-0.39, 0.29) is 17.6 Å². The number of aliphatic hydroxyl groups excluding tert-OH is 1. The number of aliphatic hydroxyl groups is 1. The number of piperidine rings is 1. The quantitative estimate of drug-likeness (QED) is 0.809. The molecule has 1 heterocycles. The van der Waals surface area contributed by atoms with E-state index >= 15 is 0 Å². The van der Waals surface area contributed by atoms with Gasteiger partial charge in [-0.25, -0.2) is 4.79 Å². The predicted octanol–water partition coefficient (Wildman–Crippen LogP) is 2.28. The first-order chi connectivity index (χ1) is 10.00. The summed E-state index contributed by atoms with van der Waals surface area (Å²) in [6.45, 7) is 6.49. The molecule has 1 aliphatic heterocycles. The van der Waals surface area contributed by atoms with Crippen LogP contribution in [-0.4, -0.2) is 55.6 Å². The normalized spacial score (nSPS) is 28.3. The SMILES string of the molecule is COCCOC(=O)N1CCC2(CCC(C(C)C)C2O)CC1. The molecule has 2 rings (SSSR count). The summed E-state index contributed by atoms with van der Waals surface area (Å²) >= 11 is 0. The molecule has 0 aromatic heterocycles. The molecular formula is C16H29NO4. The van der Waals surface area contributed by atoms with E-state index in [2.05, 4.69) is 13.8 Å². The van der Waals surface area contributed by atoms with Crippen molar-refractivity contribution < 1.29 is 19.4 Å². The van der Waals surface area contributed by atoms with Crippen molar-refractivity contribution in [3.05, 3.63) is 0 Å². The fraction of sp³-hybridized carbons (Fsp3) is 0.938. The summed E-state index contributed by atoms with van der Waals surface area (Å²) in [7, 11) is 1.59. The number of rotatable bonds is 4. The van der Waals surface area contributed by atoms with E-state index in [0.29, 0.717) is 38.1 Å². The Kier molecular flexibility index (Phi) is 5.49. The third-order valence-electron chi connectivity index (χ3n) is 5.40. The van der Waals surface area contributed by atoms with Gasteiger partial charge in [-0.3, -0.25) is 0 Å². The first-order valence-electron chi connectivity index (χ1n) is 8.09. The summed E-state index contributed by atoms with van der Waals surface area (Å²) in [5.74, 6) is 0.932. The lowest BCUT2D eigenvalue weighted by Gasteiger charge is -2.42. The van der Waals surface area contributed by atoms with Crippen molar-refractivity contribution in [2.24, 2.45) is 17.3 Å². The summed E-state index contributed by atoms with van der Waals surface area (Å²) in [5, 5.41) is 10.7. The summed E-state index contributed by atoms with van der Waals surface area (Å²) in [6.07, 6.45) is 3.49. The molecule has 122 valence electrons. The largest absolute Gasteiger partial charge is 0.447 e. The van der Waals surface area contributed by atoms with Crippen LogP contribution >= 0.6 is 0 Å². The van der Waals surface area contributed by atoms with E-state index in [0.717, 1.165) is 25.7 Å². The Morgan fingerprint density at radius 3 is 2.48 bits per heavy atom. The molecule has 1 N–H and O–H groups in total. The minimum absolute atomic E-state index is 0.0260. The molecule has 2 aliphatic rings. The minimum Gasteiger partial charge on any atom is -0.447 e. The number of hydrogen-bond donors (Lipinski definition) is 1. The van der Waals surface area contributed by atoms with Crippen LogP contribution in [0.5, 0.6) is 0 Å². The number of methoxy groups -OCH3 is 1. The van der Waals surface area contributed by atoms with Gasteiger partial charge < -0.3 is 19.5 Å². The van der Waals surface area contributed by atoms with E-state index in [1.807, 2.05) is 0 Å².